The van der Waals surface area contributed by atoms with Crippen molar-refractivity contribution in [1.29, 1.82) is 0 Å². The minimum atomic E-state index is -0.890. The molecule has 3 aromatic heterocycles. The Kier molecular flexibility index (Phi) is 8.12. The Balaban J connectivity index is 1.60. The highest BCUT2D eigenvalue weighted by Crippen LogP contribution is 2.26. The predicted octanol–water partition coefficient (Wildman–Crippen LogP) is 4.53. The molecule has 0 unspecified atom stereocenters. The summed E-state index contributed by atoms with van der Waals surface area (Å²) in [4.78, 5) is 42.4. The van der Waals surface area contributed by atoms with Crippen LogP contribution in [0.4, 0.5) is 0 Å². The SMILES string of the molecule is Cc1ccc([C@@H](C(=O)NCc2ccco2)N(Cc2cccs2)C(=O)CNC(=O)c2cccs2)cc1. The molecule has 3 heterocycles. The monoisotopic (exact) mass is 507 g/mol. The van der Waals surface area contributed by atoms with Gasteiger partial charge in [0.2, 0.25) is 11.8 Å². The van der Waals surface area contributed by atoms with E-state index < -0.39 is 6.04 Å². The number of aryl methyl sites for hydroxylation is 1. The van der Waals surface area contributed by atoms with Crippen LogP contribution >= 0.6 is 22.7 Å². The molecule has 3 amide bonds. The highest BCUT2D eigenvalue weighted by molar-refractivity contribution is 7.12. The van der Waals surface area contributed by atoms with Crippen molar-refractivity contribution >= 4 is 40.4 Å². The number of hydrogen-bond donors (Lipinski definition) is 2. The maximum atomic E-state index is 13.5. The number of carbonyl (C=O) groups is 3. The molecule has 0 aliphatic rings. The van der Waals surface area contributed by atoms with Crippen molar-refractivity contribution in [2.24, 2.45) is 0 Å². The fraction of sp³-hybridized carbons (Fsp3) is 0.192. The molecule has 0 aliphatic carbocycles. The summed E-state index contributed by atoms with van der Waals surface area (Å²) in [6, 6.07) is 17.5. The molecule has 35 heavy (non-hydrogen) atoms. The molecule has 1 atom stereocenters. The topological polar surface area (TPSA) is 91.7 Å². The summed E-state index contributed by atoms with van der Waals surface area (Å²) in [6.45, 7) is 2.17. The van der Waals surface area contributed by atoms with Crippen LogP contribution in [0, 0.1) is 6.92 Å². The van der Waals surface area contributed by atoms with Crippen LogP contribution in [0.25, 0.3) is 0 Å². The molecular weight excluding hydrogens is 482 g/mol. The molecule has 0 saturated heterocycles. The molecule has 0 radical (unpaired) electrons. The number of benzene rings is 1. The molecule has 0 fully saturated rings. The summed E-state index contributed by atoms with van der Waals surface area (Å²) < 4.78 is 5.34. The lowest BCUT2D eigenvalue weighted by atomic mass is 10.0. The van der Waals surface area contributed by atoms with Gasteiger partial charge in [-0.15, -0.1) is 22.7 Å². The van der Waals surface area contributed by atoms with E-state index in [1.807, 2.05) is 48.7 Å². The highest BCUT2D eigenvalue weighted by Gasteiger charge is 2.32. The Hall–Kier alpha value is -3.69. The highest BCUT2D eigenvalue weighted by atomic mass is 32.1. The Morgan fingerprint density at radius 2 is 1.71 bits per heavy atom. The van der Waals surface area contributed by atoms with Gasteiger partial charge in [-0.1, -0.05) is 42.0 Å². The van der Waals surface area contributed by atoms with E-state index >= 15 is 0 Å². The summed E-state index contributed by atoms with van der Waals surface area (Å²) in [7, 11) is 0. The van der Waals surface area contributed by atoms with Crippen LogP contribution < -0.4 is 10.6 Å². The van der Waals surface area contributed by atoms with Gasteiger partial charge in [0.1, 0.15) is 11.8 Å². The number of thiophene rings is 2. The number of hydrogen-bond acceptors (Lipinski definition) is 6. The summed E-state index contributed by atoms with van der Waals surface area (Å²) in [5.74, 6) is -0.402. The van der Waals surface area contributed by atoms with Crippen LogP contribution in [0.3, 0.4) is 0 Å². The summed E-state index contributed by atoms with van der Waals surface area (Å²) in [5.41, 5.74) is 1.73. The van der Waals surface area contributed by atoms with E-state index in [4.69, 9.17) is 4.42 Å². The standard InChI is InChI=1S/C26H25N3O4S2/c1-18-8-10-19(11-9-18)24(26(32)27-15-20-5-2-12-33-20)29(17-21-6-3-13-34-21)23(30)16-28-25(31)22-7-4-14-35-22/h2-14,24H,15-17H2,1H3,(H,27,32)(H,28,31)/t24-/m0/s1. The van der Waals surface area contributed by atoms with E-state index in [1.165, 1.54) is 27.6 Å². The minimum absolute atomic E-state index is 0.199. The Labute approximate surface area is 211 Å². The largest absolute Gasteiger partial charge is 0.467 e. The molecule has 9 heteroatoms. The van der Waals surface area contributed by atoms with Gasteiger partial charge in [-0.05, 0) is 47.5 Å². The molecular formula is C26H25N3O4S2. The second-order valence-electron chi connectivity index (χ2n) is 7.87. The first-order valence-electron chi connectivity index (χ1n) is 11.0. The smallest absolute Gasteiger partial charge is 0.261 e. The van der Waals surface area contributed by atoms with Gasteiger partial charge < -0.3 is 20.0 Å². The normalized spacial score (nSPS) is 11.6. The van der Waals surface area contributed by atoms with Gasteiger partial charge in [0.05, 0.1) is 30.8 Å². The van der Waals surface area contributed by atoms with Gasteiger partial charge in [-0.25, -0.2) is 0 Å². The van der Waals surface area contributed by atoms with E-state index in [2.05, 4.69) is 10.6 Å². The lowest BCUT2D eigenvalue weighted by molar-refractivity contribution is -0.140. The number of nitrogens with zero attached hydrogens (tertiary/aromatic N) is 1. The van der Waals surface area contributed by atoms with E-state index in [-0.39, 0.29) is 37.4 Å². The van der Waals surface area contributed by atoms with Crippen LogP contribution in [-0.2, 0) is 22.7 Å². The fourth-order valence-corrected chi connectivity index (χ4v) is 4.89. The van der Waals surface area contributed by atoms with Crippen molar-refractivity contribution in [2.75, 3.05) is 6.54 Å². The summed E-state index contributed by atoms with van der Waals surface area (Å²) in [6.07, 6.45) is 1.54. The average molecular weight is 508 g/mol. The minimum Gasteiger partial charge on any atom is -0.467 e. The molecule has 4 aromatic rings. The molecule has 180 valence electrons. The van der Waals surface area contributed by atoms with Crippen molar-refractivity contribution in [3.63, 3.8) is 0 Å². The van der Waals surface area contributed by atoms with Crippen LogP contribution in [0.2, 0.25) is 0 Å². The molecule has 0 saturated carbocycles. The first-order valence-corrected chi connectivity index (χ1v) is 12.8. The third kappa shape index (κ3) is 6.46. The Bertz CT molecular complexity index is 1230. The number of rotatable bonds is 10. The third-order valence-corrected chi connectivity index (χ3v) is 7.07. The Morgan fingerprint density at radius 3 is 2.37 bits per heavy atom. The molecule has 4 rings (SSSR count). The molecule has 0 aliphatic heterocycles. The van der Waals surface area contributed by atoms with Gasteiger partial charge in [0, 0.05) is 4.88 Å². The van der Waals surface area contributed by atoms with Crippen LogP contribution in [0.1, 0.15) is 37.5 Å². The van der Waals surface area contributed by atoms with Crippen molar-refractivity contribution in [2.45, 2.75) is 26.1 Å². The van der Waals surface area contributed by atoms with E-state index in [0.717, 1.165) is 10.4 Å². The van der Waals surface area contributed by atoms with Crippen molar-refractivity contribution in [1.82, 2.24) is 15.5 Å². The first kappa shape index (κ1) is 24.4. The lowest BCUT2D eigenvalue weighted by Gasteiger charge is -2.31. The zero-order valence-electron chi connectivity index (χ0n) is 19.1. The lowest BCUT2D eigenvalue weighted by Crippen LogP contribution is -2.46. The van der Waals surface area contributed by atoms with Gasteiger partial charge in [-0.2, -0.15) is 0 Å². The van der Waals surface area contributed by atoms with E-state index in [9.17, 15) is 14.4 Å². The van der Waals surface area contributed by atoms with Crippen LogP contribution in [0.15, 0.2) is 82.1 Å². The van der Waals surface area contributed by atoms with Gasteiger partial charge >= 0.3 is 0 Å². The zero-order valence-corrected chi connectivity index (χ0v) is 20.7. The average Bonchev–Trinajstić information content (AvgIpc) is 3.65. The Morgan fingerprint density at radius 1 is 0.943 bits per heavy atom. The summed E-state index contributed by atoms with van der Waals surface area (Å²) in [5, 5.41) is 9.31. The van der Waals surface area contributed by atoms with Gasteiger partial charge in [0.25, 0.3) is 5.91 Å². The quantitative estimate of drug-likeness (QED) is 0.330. The second-order valence-corrected chi connectivity index (χ2v) is 9.85. The molecule has 7 nitrogen and oxygen atoms in total. The molecule has 0 bridgehead atoms. The van der Waals surface area contributed by atoms with Gasteiger partial charge in [0.15, 0.2) is 0 Å². The molecule has 0 spiro atoms. The maximum Gasteiger partial charge on any atom is 0.261 e. The fourth-order valence-electron chi connectivity index (χ4n) is 3.55. The van der Waals surface area contributed by atoms with Crippen LogP contribution in [0.5, 0.6) is 0 Å². The summed E-state index contributed by atoms with van der Waals surface area (Å²) >= 11 is 2.80. The van der Waals surface area contributed by atoms with Crippen molar-refractivity contribution < 1.29 is 18.8 Å². The maximum absolute atomic E-state index is 13.5. The first-order chi connectivity index (χ1) is 17.0. The van der Waals surface area contributed by atoms with Crippen molar-refractivity contribution in [3.05, 3.63) is 104 Å². The number of amides is 3. The number of furan rings is 1. The van der Waals surface area contributed by atoms with E-state index in [0.29, 0.717) is 16.2 Å². The third-order valence-electron chi connectivity index (χ3n) is 5.34. The predicted molar refractivity (Wildman–Crippen MR) is 136 cm³/mol. The molecule has 1 aromatic carbocycles. The van der Waals surface area contributed by atoms with Gasteiger partial charge in [-0.3, -0.25) is 14.4 Å². The van der Waals surface area contributed by atoms with E-state index in [1.54, 1.807) is 35.9 Å². The molecule has 2 N–H and O–H groups in total. The number of nitrogens with one attached hydrogen (secondary N) is 2. The second kappa shape index (κ2) is 11.6. The van der Waals surface area contributed by atoms with Crippen LogP contribution in [-0.4, -0.2) is 29.2 Å². The van der Waals surface area contributed by atoms with Crippen molar-refractivity contribution in [3.8, 4) is 0 Å². The number of carbonyl (C=O) groups excluding carboxylic acids is 3. The zero-order chi connectivity index (χ0) is 24.6.